The molecule has 0 radical (unpaired) electrons. The average molecular weight is 479 g/mol. The first-order valence-electron chi connectivity index (χ1n) is 10.4. The highest BCUT2D eigenvalue weighted by atomic mass is 35.5. The molecule has 1 saturated carbocycles. The Balaban J connectivity index is 1.45. The van der Waals surface area contributed by atoms with Crippen LogP contribution in [0.3, 0.4) is 0 Å². The van der Waals surface area contributed by atoms with Gasteiger partial charge < -0.3 is 20.3 Å². The second kappa shape index (κ2) is 9.38. The lowest BCUT2D eigenvalue weighted by atomic mass is 9.85. The maximum absolute atomic E-state index is 12.5. The molecule has 0 unspecified atom stereocenters. The number of aromatic nitrogens is 4. The molecule has 1 amide bonds. The summed E-state index contributed by atoms with van der Waals surface area (Å²) in [5.41, 5.74) is 1.44. The number of benzene rings is 1. The van der Waals surface area contributed by atoms with Crippen LogP contribution in [0, 0.1) is 5.92 Å². The summed E-state index contributed by atoms with van der Waals surface area (Å²) in [4.78, 5) is 36.6. The first-order valence-corrected chi connectivity index (χ1v) is 11.2. The van der Waals surface area contributed by atoms with Crippen LogP contribution in [0.2, 0.25) is 10.0 Å². The lowest BCUT2D eigenvalue weighted by molar-refractivity contribution is 0.120. The fourth-order valence-corrected chi connectivity index (χ4v) is 4.51. The van der Waals surface area contributed by atoms with Crippen molar-refractivity contribution < 1.29 is 9.90 Å². The van der Waals surface area contributed by atoms with Crippen LogP contribution in [0.1, 0.15) is 31.2 Å². The van der Waals surface area contributed by atoms with Crippen LogP contribution in [-0.2, 0) is 6.54 Å². The number of aromatic amines is 1. The van der Waals surface area contributed by atoms with Gasteiger partial charge in [-0.05, 0) is 55.4 Å². The number of nitrogens with one attached hydrogen (secondary N) is 2. The van der Waals surface area contributed by atoms with Gasteiger partial charge in [0.2, 0.25) is 5.95 Å². The van der Waals surface area contributed by atoms with Crippen molar-refractivity contribution in [3.63, 3.8) is 0 Å². The highest BCUT2D eigenvalue weighted by Gasteiger charge is 2.26. The van der Waals surface area contributed by atoms with Crippen LogP contribution < -0.4 is 11.0 Å². The molecule has 11 heteroatoms. The molecule has 170 valence electrons. The average Bonchev–Trinajstić information content (AvgIpc) is 3.09. The predicted octanol–water partition coefficient (Wildman–Crippen LogP) is 4.06. The highest BCUT2D eigenvalue weighted by Crippen LogP contribution is 2.27. The second-order valence-corrected chi connectivity index (χ2v) is 8.98. The number of H-pyrrole nitrogens is 1. The van der Waals surface area contributed by atoms with Crippen LogP contribution in [-0.4, -0.2) is 55.3 Å². The maximum atomic E-state index is 12.5. The molecule has 0 spiro atoms. The number of nitrogens with zero attached hydrogens (tertiary/aromatic N) is 4. The van der Waals surface area contributed by atoms with Gasteiger partial charge in [0.1, 0.15) is 5.52 Å². The molecule has 1 aliphatic rings. The summed E-state index contributed by atoms with van der Waals surface area (Å²) in [6, 6.07) is 5.20. The van der Waals surface area contributed by atoms with Gasteiger partial charge in [-0.15, -0.1) is 0 Å². The summed E-state index contributed by atoms with van der Waals surface area (Å²) >= 11 is 12.3. The van der Waals surface area contributed by atoms with Gasteiger partial charge in [-0.1, -0.05) is 23.2 Å². The monoisotopic (exact) mass is 478 g/mol. The Bertz CT molecular complexity index is 1190. The van der Waals surface area contributed by atoms with Crippen molar-refractivity contribution in [2.75, 3.05) is 18.9 Å². The Morgan fingerprint density at radius 1 is 1.31 bits per heavy atom. The van der Waals surface area contributed by atoms with E-state index in [-0.39, 0.29) is 18.3 Å². The van der Waals surface area contributed by atoms with Gasteiger partial charge in [-0.3, -0.25) is 4.57 Å². The molecule has 0 saturated heterocycles. The van der Waals surface area contributed by atoms with Crippen molar-refractivity contribution in [1.82, 2.24) is 24.4 Å². The minimum atomic E-state index is -0.884. The lowest BCUT2D eigenvalue weighted by Gasteiger charge is -2.33. The van der Waals surface area contributed by atoms with E-state index in [9.17, 15) is 9.59 Å². The van der Waals surface area contributed by atoms with Crippen molar-refractivity contribution in [3.05, 3.63) is 50.5 Å². The first-order chi connectivity index (χ1) is 15.3. The Hall–Kier alpha value is -2.78. The van der Waals surface area contributed by atoms with Crippen LogP contribution in [0.15, 0.2) is 29.2 Å². The van der Waals surface area contributed by atoms with E-state index in [1.54, 1.807) is 31.4 Å². The molecule has 0 atom stereocenters. The molecule has 2 heterocycles. The summed E-state index contributed by atoms with van der Waals surface area (Å²) in [5.74, 6) is 0.846. The number of halogens is 2. The van der Waals surface area contributed by atoms with Crippen LogP contribution in [0.5, 0.6) is 0 Å². The molecule has 0 bridgehead atoms. The maximum Gasteiger partial charge on any atom is 0.407 e. The van der Waals surface area contributed by atoms with E-state index in [0.717, 1.165) is 31.2 Å². The van der Waals surface area contributed by atoms with Crippen molar-refractivity contribution >= 4 is 46.4 Å². The lowest BCUT2D eigenvalue weighted by Crippen LogP contribution is -2.39. The molecule has 2 aromatic heterocycles. The molecule has 3 N–H and O–H groups in total. The number of fused-ring (bicyclic) bond motifs is 1. The van der Waals surface area contributed by atoms with Gasteiger partial charge in [0, 0.05) is 29.7 Å². The number of carbonyl (C=O) groups is 1. The number of carboxylic acid groups (broad SMARTS) is 1. The van der Waals surface area contributed by atoms with Gasteiger partial charge in [-0.25, -0.2) is 14.6 Å². The second-order valence-electron chi connectivity index (χ2n) is 8.13. The number of rotatable bonds is 6. The van der Waals surface area contributed by atoms with Crippen molar-refractivity contribution in [1.29, 1.82) is 0 Å². The fourth-order valence-electron chi connectivity index (χ4n) is 4.14. The Morgan fingerprint density at radius 3 is 2.78 bits per heavy atom. The highest BCUT2D eigenvalue weighted by molar-refractivity contribution is 6.33. The third-order valence-electron chi connectivity index (χ3n) is 6.06. The Morgan fingerprint density at radius 2 is 2.06 bits per heavy atom. The van der Waals surface area contributed by atoms with Gasteiger partial charge in [0.25, 0.3) is 0 Å². The van der Waals surface area contributed by atoms with Crippen LogP contribution in [0.25, 0.3) is 11.2 Å². The van der Waals surface area contributed by atoms with Gasteiger partial charge in [0.15, 0.2) is 5.65 Å². The summed E-state index contributed by atoms with van der Waals surface area (Å²) in [7, 11) is 1.63. The summed E-state index contributed by atoms with van der Waals surface area (Å²) < 4.78 is 1.51. The van der Waals surface area contributed by atoms with Gasteiger partial charge >= 0.3 is 11.8 Å². The zero-order chi connectivity index (χ0) is 22.8. The van der Waals surface area contributed by atoms with Crippen molar-refractivity contribution in [2.45, 2.75) is 38.3 Å². The summed E-state index contributed by atoms with van der Waals surface area (Å²) in [6.45, 7) is 0.916. The minimum absolute atomic E-state index is 0.0731. The smallest absolute Gasteiger partial charge is 0.407 e. The first kappa shape index (κ1) is 22.4. The zero-order valence-corrected chi connectivity index (χ0v) is 19.0. The number of hydrogen-bond acceptors (Lipinski definition) is 5. The van der Waals surface area contributed by atoms with E-state index in [2.05, 4.69) is 20.3 Å². The van der Waals surface area contributed by atoms with Crippen LogP contribution >= 0.6 is 23.2 Å². The standard InChI is InChI=1S/C21H24Cl2N6O3/c1-28(21(31)32)15-5-2-12(3-6-15)9-24-19-25-10-17-18(27-19)29(20(30)26-17)11-13-8-14(22)4-7-16(13)23/h4,7-8,10,12,15H,2-3,5-6,9,11H2,1H3,(H,26,30)(H,31,32)(H,24,25,27)/t12-,15-. The molecule has 1 aromatic carbocycles. The van der Waals surface area contributed by atoms with E-state index in [1.165, 1.54) is 9.47 Å². The van der Waals surface area contributed by atoms with E-state index >= 15 is 0 Å². The van der Waals surface area contributed by atoms with Crippen molar-refractivity contribution in [2.24, 2.45) is 5.92 Å². The van der Waals surface area contributed by atoms with Crippen molar-refractivity contribution in [3.8, 4) is 0 Å². The molecule has 32 heavy (non-hydrogen) atoms. The number of anilines is 1. The number of amides is 1. The zero-order valence-electron chi connectivity index (χ0n) is 17.5. The van der Waals surface area contributed by atoms with E-state index in [1.807, 2.05) is 0 Å². The quantitative estimate of drug-likeness (QED) is 0.491. The summed E-state index contributed by atoms with van der Waals surface area (Å²) in [6.07, 6.45) is 4.24. The molecule has 9 nitrogen and oxygen atoms in total. The van der Waals surface area contributed by atoms with Gasteiger partial charge in [-0.2, -0.15) is 4.98 Å². The molecule has 1 aliphatic carbocycles. The van der Waals surface area contributed by atoms with E-state index in [4.69, 9.17) is 28.3 Å². The summed E-state index contributed by atoms with van der Waals surface area (Å²) in [5, 5.41) is 13.5. The molecular formula is C21H24Cl2N6O3. The number of imidazole rings is 1. The molecule has 0 aliphatic heterocycles. The van der Waals surface area contributed by atoms with Crippen LogP contribution in [0.4, 0.5) is 10.7 Å². The molecular weight excluding hydrogens is 455 g/mol. The largest absolute Gasteiger partial charge is 0.465 e. The molecule has 3 aromatic rings. The topological polar surface area (TPSA) is 116 Å². The Kier molecular flexibility index (Phi) is 6.57. The minimum Gasteiger partial charge on any atom is -0.465 e. The third-order valence-corrected chi connectivity index (χ3v) is 6.67. The molecule has 4 rings (SSSR count). The molecule has 1 fully saturated rings. The fraction of sp³-hybridized carbons (Fsp3) is 0.429. The predicted molar refractivity (Wildman–Crippen MR) is 124 cm³/mol. The Labute approximate surface area is 194 Å². The number of hydrogen-bond donors (Lipinski definition) is 3. The van der Waals surface area contributed by atoms with E-state index in [0.29, 0.717) is 39.6 Å². The SMILES string of the molecule is CN(C(=O)O)[C@H]1CC[C@H](CNc2ncc3[nH]c(=O)n(Cc4cc(Cl)ccc4Cl)c3n2)CC1. The third kappa shape index (κ3) is 4.83. The van der Waals surface area contributed by atoms with E-state index < -0.39 is 6.09 Å². The van der Waals surface area contributed by atoms with Gasteiger partial charge in [0.05, 0.1) is 12.7 Å². The normalized spacial score (nSPS) is 18.6.